The van der Waals surface area contributed by atoms with Gasteiger partial charge in [0, 0.05) is 19.2 Å². The van der Waals surface area contributed by atoms with E-state index in [2.05, 4.69) is 10.1 Å². The van der Waals surface area contributed by atoms with Crippen molar-refractivity contribution in [2.75, 3.05) is 0 Å². The highest BCUT2D eigenvalue weighted by molar-refractivity contribution is 5.66. The Hall–Kier alpha value is -2.83. The lowest BCUT2D eigenvalue weighted by Crippen LogP contribution is -2.36. The maximum absolute atomic E-state index is 13.0. The molecular formula is C15H13FN4O2. The van der Waals surface area contributed by atoms with Crippen molar-refractivity contribution < 1.29 is 4.39 Å². The first-order valence-corrected chi connectivity index (χ1v) is 6.76. The van der Waals surface area contributed by atoms with Crippen LogP contribution in [0.5, 0.6) is 0 Å². The fraction of sp³-hybridized carbons (Fsp3) is 0.200. The molecule has 0 unspecified atom stereocenters. The number of fused-ring (bicyclic) bond motifs is 1. The standard InChI is InChI=1S/C15H13FN4O2/c1-3-20-13-11(14(21)19(2)15(22)17-13)8-12(18-20)9-4-6-10(16)7-5-9/h4-8H,3H2,1-2H3. The molecule has 0 N–H and O–H groups in total. The fourth-order valence-electron chi connectivity index (χ4n) is 2.24. The first-order chi connectivity index (χ1) is 10.5. The summed E-state index contributed by atoms with van der Waals surface area (Å²) in [4.78, 5) is 27.9. The Labute approximate surface area is 124 Å². The number of hydrogen-bond acceptors (Lipinski definition) is 4. The molecule has 2 heterocycles. The largest absolute Gasteiger partial charge is 0.352 e. The SMILES string of the molecule is CCn1nc(-c2ccc(F)cc2)cc2c(=O)n(C)c(=O)nc1-2. The summed E-state index contributed by atoms with van der Waals surface area (Å²) in [6, 6.07) is 7.40. The smallest absolute Gasteiger partial charge is 0.268 e. The summed E-state index contributed by atoms with van der Waals surface area (Å²) in [5.74, 6) is -0.0945. The van der Waals surface area contributed by atoms with Crippen molar-refractivity contribution in [3.05, 3.63) is 57.0 Å². The van der Waals surface area contributed by atoms with Gasteiger partial charge in [0.2, 0.25) is 0 Å². The van der Waals surface area contributed by atoms with Crippen molar-refractivity contribution >= 4 is 0 Å². The average Bonchev–Trinajstić information content (AvgIpc) is 2.53. The van der Waals surface area contributed by atoms with E-state index in [-0.39, 0.29) is 11.6 Å². The summed E-state index contributed by atoms with van der Waals surface area (Å²) in [5.41, 5.74) is 0.461. The van der Waals surface area contributed by atoms with Gasteiger partial charge in [-0.1, -0.05) is 0 Å². The van der Waals surface area contributed by atoms with Gasteiger partial charge in [-0.3, -0.25) is 9.36 Å². The van der Waals surface area contributed by atoms with Crippen LogP contribution >= 0.6 is 0 Å². The summed E-state index contributed by atoms with van der Waals surface area (Å²) in [6.07, 6.45) is 0. The predicted octanol–water partition coefficient (Wildman–Crippen LogP) is 1.27. The maximum Gasteiger partial charge on any atom is 0.352 e. The maximum atomic E-state index is 13.0. The Morgan fingerprint density at radius 1 is 1.18 bits per heavy atom. The zero-order chi connectivity index (χ0) is 15.9. The molecule has 0 saturated heterocycles. The van der Waals surface area contributed by atoms with Gasteiger partial charge in [-0.2, -0.15) is 10.1 Å². The lowest BCUT2D eigenvalue weighted by atomic mass is 10.1. The molecule has 2 aliphatic heterocycles. The molecule has 0 amide bonds. The monoisotopic (exact) mass is 300 g/mol. The van der Waals surface area contributed by atoms with Crippen LogP contribution in [0.2, 0.25) is 0 Å². The van der Waals surface area contributed by atoms with Gasteiger partial charge in [0.1, 0.15) is 5.82 Å². The molecule has 0 aliphatic carbocycles. The highest BCUT2D eigenvalue weighted by Gasteiger charge is 2.18. The third-order valence-electron chi connectivity index (χ3n) is 3.46. The predicted molar refractivity (Wildman–Crippen MR) is 79.2 cm³/mol. The lowest BCUT2D eigenvalue weighted by Gasteiger charge is -2.14. The van der Waals surface area contributed by atoms with Crippen LogP contribution in [0.1, 0.15) is 6.92 Å². The Balaban J connectivity index is 2.35. The first kappa shape index (κ1) is 14.1. The third-order valence-corrected chi connectivity index (χ3v) is 3.46. The molecule has 0 bridgehead atoms. The van der Waals surface area contributed by atoms with E-state index in [4.69, 9.17) is 0 Å². The van der Waals surface area contributed by atoms with E-state index < -0.39 is 11.2 Å². The number of halogens is 1. The Kier molecular flexibility index (Phi) is 3.32. The van der Waals surface area contributed by atoms with Crippen molar-refractivity contribution in [1.29, 1.82) is 0 Å². The number of rotatable bonds is 2. The van der Waals surface area contributed by atoms with Crippen LogP contribution in [-0.4, -0.2) is 19.3 Å². The molecule has 3 rings (SSSR count). The number of hydrogen-bond donors (Lipinski definition) is 0. The van der Waals surface area contributed by atoms with Crippen molar-refractivity contribution in [2.45, 2.75) is 13.5 Å². The average molecular weight is 300 g/mol. The van der Waals surface area contributed by atoms with Crippen LogP contribution < -0.4 is 11.2 Å². The van der Waals surface area contributed by atoms with E-state index >= 15 is 0 Å². The second-order valence-electron chi connectivity index (χ2n) is 4.85. The van der Waals surface area contributed by atoms with Gasteiger partial charge in [-0.15, -0.1) is 0 Å². The molecule has 0 aromatic heterocycles. The van der Waals surface area contributed by atoms with Crippen LogP contribution in [0, 0.1) is 5.82 Å². The molecule has 2 aliphatic rings. The van der Waals surface area contributed by atoms with Gasteiger partial charge in [0.15, 0.2) is 5.82 Å². The Morgan fingerprint density at radius 2 is 1.86 bits per heavy atom. The summed E-state index contributed by atoms with van der Waals surface area (Å²) in [6.45, 7) is 2.29. The van der Waals surface area contributed by atoms with Crippen LogP contribution in [0.3, 0.4) is 0 Å². The van der Waals surface area contributed by atoms with E-state index in [0.29, 0.717) is 23.4 Å². The van der Waals surface area contributed by atoms with Crippen LogP contribution in [0.25, 0.3) is 22.6 Å². The molecule has 0 radical (unpaired) electrons. The van der Waals surface area contributed by atoms with Gasteiger partial charge in [0.05, 0.1) is 11.3 Å². The van der Waals surface area contributed by atoms with Crippen molar-refractivity contribution in [2.24, 2.45) is 7.05 Å². The number of aromatic nitrogens is 4. The molecule has 0 atom stereocenters. The van der Waals surface area contributed by atoms with Crippen molar-refractivity contribution in [3.63, 3.8) is 0 Å². The van der Waals surface area contributed by atoms with Crippen LogP contribution in [-0.2, 0) is 13.6 Å². The second kappa shape index (κ2) is 5.18. The van der Waals surface area contributed by atoms with E-state index in [1.54, 1.807) is 18.2 Å². The van der Waals surface area contributed by atoms with E-state index in [1.165, 1.54) is 23.9 Å². The number of nitrogens with zero attached hydrogens (tertiary/aromatic N) is 4. The van der Waals surface area contributed by atoms with Gasteiger partial charge >= 0.3 is 5.69 Å². The number of benzene rings is 1. The van der Waals surface area contributed by atoms with Crippen LogP contribution in [0.15, 0.2) is 39.9 Å². The topological polar surface area (TPSA) is 69.8 Å². The van der Waals surface area contributed by atoms with Gasteiger partial charge < -0.3 is 0 Å². The summed E-state index contributed by atoms with van der Waals surface area (Å²) >= 11 is 0. The number of aryl methyl sites for hydroxylation is 1. The summed E-state index contributed by atoms with van der Waals surface area (Å²) in [5, 5.41) is 4.38. The summed E-state index contributed by atoms with van der Waals surface area (Å²) in [7, 11) is 1.38. The Morgan fingerprint density at radius 3 is 2.50 bits per heavy atom. The third kappa shape index (κ3) is 2.20. The quantitative estimate of drug-likeness (QED) is 0.714. The lowest BCUT2D eigenvalue weighted by molar-refractivity contribution is 0.623. The highest BCUT2D eigenvalue weighted by Crippen LogP contribution is 2.22. The molecule has 7 heteroatoms. The summed E-state index contributed by atoms with van der Waals surface area (Å²) < 4.78 is 15.5. The zero-order valence-electron chi connectivity index (χ0n) is 12.1. The minimum Gasteiger partial charge on any atom is -0.268 e. The van der Waals surface area contributed by atoms with E-state index in [1.807, 2.05) is 6.92 Å². The van der Waals surface area contributed by atoms with Crippen molar-refractivity contribution in [1.82, 2.24) is 19.3 Å². The first-order valence-electron chi connectivity index (χ1n) is 6.76. The molecule has 112 valence electrons. The van der Waals surface area contributed by atoms with Gasteiger partial charge in [0.25, 0.3) is 5.56 Å². The van der Waals surface area contributed by atoms with Gasteiger partial charge in [-0.05, 0) is 37.3 Å². The molecule has 0 saturated carbocycles. The van der Waals surface area contributed by atoms with Crippen molar-refractivity contribution in [3.8, 4) is 22.6 Å². The molecule has 0 fully saturated rings. The minimum atomic E-state index is -0.615. The fourth-order valence-corrected chi connectivity index (χ4v) is 2.24. The molecule has 6 nitrogen and oxygen atoms in total. The molecule has 1 aromatic carbocycles. The van der Waals surface area contributed by atoms with Gasteiger partial charge in [-0.25, -0.2) is 13.9 Å². The normalized spacial score (nSPS) is 11.0. The van der Waals surface area contributed by atoms with E-state index in [0.717, 1.165) is 4.57 Å². The molecule has 0 spiro atoms. The Bertz CT molecular complexity index is 928. The van der Waals surface area contributed by atoms with Crippen LogP contribution in [0.4, 0.5) is 4.39 Å². The second-order valence-corrected chi connectivity index (χ2v) is 4.85. The minimum absolute atomic E-state index is 0.251. The highest BCUT2D eigenvalue weighted by atomic mass is 19.1. The van der Waals surface area contributed by atoms with E-state index in [9.17, 15) is 14.0 Å². The molecule has 1 aromatic rings. The molecule has 22 heavy (non-hydrogen) atoms. The molecular weight excluding hydrogens is 287 g/mol. The zero-order valence-corrected chi connectivity index (χ0v) is 12.1.